The molecule has 1 saturated carbocycles. The van der Waals surface area contributed by atoms with Crippen molar-refractivity contribution in [1.82, 2.24) is 0 Å². The normalized spacial score (nSPS) is 20.2. The zero-order valence-corrected chi connectivity index (χ0v) is 16.1. The summed E-state index contributed by atoms with van der Waals surface area (Å²) in [5, 5.41) is 0. The Morgan fingerprint density at radius 3 is 2.56 bits per heavy atom. The van der Waals surface area contributed by atoms with Gasteiger partial charge in [0.1, 0.15) is 11.4 Å². The molecule has 1 aromatic rings. The van der Waals surface area contributed by atoms with Gasteiger partial charge in [-0.15, -0.1) is 11.6 Å². The highest BCUT2D eigenvalue weighted by Gasteiger charge is 2.47. The fourth-order valence-electron chi connectivity index (χ4n) is 3.66. The maximum Gasteiger partial charge on any atom is 0.317 e. The van der Waals surface area contributed by atoms with E-state index >= 15 is 0 Å². The number of hydrogen-bond donors (Lipinski definition) is 0. The number of hydrogen-bond acceptors (Lipinski definition) is 3. The Kier molecular flexibility index (Phi) is 5.26. The van der Waals surface area contributed by atoms with Gasteiger partial charge < -0.3 is 9.47 Å². The van der Waals surface area contributed by atoms with Crippen LogP contribution < -0.4 is 0 Å². The van der Waals surface area contributed by atoms with Gasteiger partial charge in [0.2, 0.25) is 0 Å². The van der Waals surface area contributed by atoms with E-state index in [4.69, 9.17) is 21.1 Å². The van der Waals surface area contributed by atoms with E-state index in [9.17, 15) is 4.79 Å². The second kappa shape index (κ2) is 7.13. The van der Waals surface area contributed by atoms with Crippen molar-refractivity contribution in [3.63, 3.8) is 0 Å². The molecule has 0 atom stereocenters. The molecular weight excluding hydrogens is 336 g/mol. The molecule has 136 valence electrons. The third-order valence-corrected chi connectivity index (χ3v) is 6.06. The molecule has 1 aromatic carbocycles. The van der Waals surface area contributed by atoms with Gasteiger partial charge in [-0.1, -0.05) is 43.5 Å². The Labute approximate surface area is 155 Å². The highest BCUT2D eigenvalue weighted by molar-refractivity contribution is 6.19. The van der Waals surface area contributed by atoms with Crippen molar-refractivity contribution in [2.45, 2.75) is 58.5 Å². The van der Waals surface area contributed by atoms with Crippen LogP contribution in [0.3, 0.4) is 0 Å². The third kappa shape index (κ3) is 3.50. The number of carbonyl (C=O) groups is 1. The van der Waals surface area contributed by atoms with Crippen molar-refractivity contribution in [3.05, 3.63) is 41.2 Å². The van der Waals surface area contributed by atoms with E-state index in [2.05, 4.69) is 19.1 Å². The molecule has 25 heavy (non-hydrogen) atoms. The lowest BCUT2D eigenvalue weighted by Gasteiger charge is -2.35. The summed E-state index contributed by atoms with van der Waals surface area (Å²) in [5.41, 5.74) is 2.12. The first kappa shape index (κ1) is 18.5. The van der Waals surface area contributed by atoms with E-state index < -0.39 is 11.0 Å². The molecule has 1 aliphatic heterocycles. The lowest BCUT2D eigenvalue weighted by atomic mass is 9.82. The van der Waals surface area contributed by atoms with Crippen LogP contribution in [0.4, 0.5) is 0 Å². The Morgan fingerprint density at radius 1 is 1.24 bits per heavy atom. The number of halogens is 1. The monoisotopic (exact) mass is 362 g/mol. The highest BCUT2D eigenvalue weighted by Crippen LogP contribution is 2.47. The molecule has 0 aromatic heterocycles. The third-order valence-electron chi connectivity index (χ3n) is 5.39. The summed E-state index contributed by atoms with van der Waals surface area (Å²) in [6.45, 7) is 6.21. The van der Waals surface area contributed by atoms with Gasteiger partial charge in [0.05, 0.1) is 12.0 Å². The molecule has 0 radical (unpaired) electrons. The minimum absolute atomic E-state index is 0.229. The maximum atomic E-state index is 12.7. The van der Waals surface area contributed by atoms with Crippen molar-refractivity contribution < 1.29 is 14.3 Å². The number of alkyl halides is 1. The van der Waals surface area contributed by atoms with Crippen LogP contribution in [0.1, 0.15) is 57.1 Å². The molecule has 1 fully saturated rings. The summed E-state index contributed by atoms with van der Waals surface area (Å²) in [7, 11) is 0. The summed E-state index contributed by atoms with van der Waals surface area (Å²) >= 11 is 5.98. The summed E-state index contributed by atoms with van der Waals surface area (Å²) in [6.07, 6.45) is 5.22. The van der Waals surface area contributed by atoms with Crippen LogP contribution in [0, 0.1) is 12.3 Å². The zero-order chi connectivity index (χ0) is 18.1. The molecule has 0 amide bonds. The number of aryl methyl sites for hydroxylation is 1. The van der Waals surface area contributed by atoms with Crippen molar-refractivity contribution in [3.8, 4) is 0 Å². The molecule has 2 aliphatic rings. The van der Waals surface area contributed by atoms with Crippen LogP contribution in [0.2, 0.25) is 0 Å². The van der Waals surface area contributed by atoms with E-state index in [1.807, 2.05) is 26.0 Å². The molecule has 1 spiro atoms. The van der Waals surface area contributed by atoms with Crippen LogP contribution >= 0.6 is 11.6 Å². The number of benzene rings is 1. The fourth-order valence-corrected chi connectivity index (χ4v) is 3.77. The Hall–Kier alpha value is -1.32. The van der Waals surface area contributed by atoms with Gasteiger partial charge >= 0.3 is 5.97 Å². The molecule has 4 heteroatoms. The molecule has 3 rings (SSSR count). The number of esters is 1. The predicted molar refractivity (Wildman–Crippen MR) is 100 cm³/mol. The van der Waals surface area contributed by atoms with Crippen molar-refractivity contribution in [2.75, 3.05) is 12.5 Å². The average Bonchev–Trinajstić information content (AvgIpc) is 2.94. The molecule has 0 saturated heterocycles. The molecule has 1 aliphatic carbocycles. The lowest BCUT2D eigenvalue weighted by Crippen LogP contribution is -2.38. The SMILES string of the molecule is Cc1ccccc1C1=C(OC(=O)C(C)(C)CCl)C2(CCCCC2)OC1. The predicted octanol–water partition coefficient (Wildman–Crippen LogP) is 5.25. The van der Waals surface area contributed by atoms with E-state index in [0.717, 1.165) is 42.6 Å². The Bertz CT molecular complexity index is 684. The second-order valence-corrected chi connectivity index (χ2v) is 8.14. The fraction of sp³-hybridized carbons (Fsp3) is 0.571. The summed E-state index contributed by atoms with van der Waals surface area (Å²) in [4.78, 5) is 12.7. The second-order valence-electron chi connectivity index (χ2n) is 7.87. The van der Waals surface area contributed by atoms with Crippen LogP contribution in [-0.4, -0.2) is 24.1 Å². The van der Waals surface area contributed by atoms with Crippen LogP contribution in [0.15, 0.2) is 30.0 Å². The topological polar surface area (TPSA) is 35.5 Å². The van der Waals surface area contributed by atoms with Crippen LogP contribution in [0.5, 0.6) is 0 Å². The minimum Gasteiger partial charge on any atom is -0.427 e. The Morgan fingerprint density at radius 2 is 1.92 bits per heavy atom. The lowest BCUT2D eigenvalue weighted by molar-refractivity contribution is -0.153. The van der Waals surface area contributed by atoms with Gasteiger partial charge in [-0.2, -0.15) is 0 Å². The molecule has 0 N–H and O–H groups in total. The standard InChI is InChI=1S/C21H27ClO3/c1-15-9-5-6-10-16(15)17-13-24-21(11-7-4-8-12-21)18(17)25-19(23)20(2,3)14-22/h5-6,9-10H,4,7-8,11-14H2,1-3H3. The summed E-state index contributed by atoms with van der Waals surface area (Å²) in [5.74, 6) is 0.677. The van der Waals surface area contributed by atoms with E-state index in [1.165, 1.54) is 12.0 Å². The van der Waals surface area contributed by atoms with Crippen LogP contribution in [0.25, 0.3) is 5.57 Å². The van der Waals surface area contributed by atoms with Crippen molar-refractivity contribution in [1.29, 1.82) is 0 Å². The highest BCUT2D eigenvalue weighted by atomic mass is 35.5. The van der Waals surface area contributed by atoms with Crippen molar-refractivity contribution >= 4 is 23.1 Å². The quantitative estimate of drug-likeness (QED) is 0.542. The molecule has 0 bridgehead atoms. The molecule has 1 heterocycles. The molecule has 3 nitrogen and oxygen atoms in total. The summed E-state index contributed by atoms with van der Waals surface area (Å²) in [6, 6.07) is 8.20. The van der Waals surface area contributed by atoms with Gasteiger partial charge in [-0.3, -0.25) is 4.79 Å². The van der Waals surface area contributed by atoms with E-state index in [-0.39, 0.29) is 11.8 Å². The number of rotatable bonds is 4. The van der Waals surface area contributed by atoms with Gasteiger partial charge in [0.15, 0.2) is 0 Å². The van der Waals surface area contributed by atoms with Gasteiger partial charge in [0.25, 0.3) is 0 Å². The van der Waals surface area contributed by atoms with Crippen molar-refractivity contribution in [2.24, 2.45) is 5.41 Å². The largest absolute Gasteiger partial charge is 0.427 e. The van der Waals surface area contributed by atoms with Gasteiger partial charge in [-0.05, 0) is 44.7 Å². The Balaban J connectivity index is 2.04. The van der Waals surface area contributed by atoms with Gasteiger partial charge in [-0.25, -0.2) is 0 Å². The summed E-state index contributed by atoms with van der Waals surface area (Å²) < 4.78 is 12.3. The zero-order valence-electron chi connectivity index (χ0n) is 15.4. The number of ether oxygens (including phenoxy) is 2. The van der Waals surface area contributed by atoms with Crippen LogP contribution in [-0.2, 0) is 14.3 Å². The first-order valence-electron chi connectivity index (χ1n) is 9.11. The first-order valence-corrected chi connectivity index (χ1v) is 9.65. The van der Waals surface area contributed by atoms with E-state index in [1.54, 1.807) is 0 Å². The minimum atomic E-state index is -0.718. The first-order chi connectivity index (χ1) is 11.9. The number of carbonyl (C=O) groups excluding carboxylic acids is 1. The maximum absolute atomic E-state index is 12.7. The van der Waals surface area contributed by atoms with E-state index in [0.29, 0.717) is 6.61 Å². The van der Waals surface area contributed by atoms with Gasteiger partial charge in [0, 0.05) is 11.5 Å². The smallest absolute Gasteiger partial charge is 0.317 e. The molecular formula is C21H27ClO3. The average molecular weight is 363 g/mol. The molecule has 0 unspecified atom stereocenters.